The summed E-state index contributed by atoms with van der Waals surface area (Å²) in [4.78, 5) is 12.5. The van der Waals surface area contributed by atoms with Gasteiger partial charge in [0.05, 0.1) is 5.56 Å². The number of hydrogen-bond donors (Lipinski definition) is 2. The van der Waals surface area contributed by atoms with Gasteiger partial charge in [-0.15, -0.1) is 12.4 Å². The average molecular weight is 401 g/mol. The van der Waals surface area contributed by atoms with Crippen molar-refractivity contribution < 1.29 is 18.0 Å². The number of amides is 1. The largest absolute Gasteiger partial charge is 0.416 e. The van der Waals surface area contributed by atoms with Crippen LogP contribution in [-0.2, 0) is 23.9 Å². The van der Waals surface area contributed by atoms with Crippen LogP contribution in [0.15, 0.2) is 48.5 Å². The molecule has 3 nitrogen and oxygen atoms in total. The molecule has 0 radical (unpaired) electrons. The van der Waals surface area contributed by atoms with Gasteiger partial charge in [0.15, 0.2) is 0 Å². The summed E-state index contributed by atoms with van der Waals surface area (Å²) in [6.45, 7) is 5.16. The molecule has 7 heteroatoms. The third kappa shape index (κ3) is 6.88. The second-order valence-electron chi connectivity index (χ2n) is 6.23. The van der Waals surface area contributed by atoms with Crippen molar-refractivity contribution in [2.24, 2.45) is 5.92 Å². The smallest absolute Gasteiger partial charge is 0.326 e. The van der Waals surface area contributed by atoms with E-state index in [4.69, 9.17) is 0 Å². The fourth-order valence-electron chi connectivity index (χ4n) is 2.63. The molecular formula is C20H24ClF3N2O. The first-order chi connectivity index (χ1) is 12.3. The monoisotopic (exact) mass is 400 g/mol. The quantitative estimate of drug-likeness (QED) is 0.682. The minimum atomic E-state index is -4.38. The Balaban J connectivity index is 0.00000364. The number of nitrogens with one attached hydrogen (secondary N) is 2. The van der Waals surface area contributed by atoms with E-state index in [2.05, 4.69) is 10.6 Å². The third-order valence-corrected chi connectivity index (χ3v) is 4.08. The molecule has 0 fully saturated rings. The van der Waals surface area contributed by atoms with Crippen LogP contribution in [0, 0.1) is 5.92 Å². The molecule has 0 heterocycles. The molecular weight excluding hydrogens is 377 g/mol. The van der Waals surface area contributed by atoms with Crippen LogP contribution in [0.4, 0.5) is 18.9 Å². The zero-order valence-electron chi connectivity index (χ0n) is 15.3. The maximum atomic E-state index is 12.8. The normalized spacial score (nSPS) is 12.2. The lowest BCUT2D eigenvalue weighted by Gasteiger charge is -2.16. The average Bonchev–Trinajstić information content (AvgIpc) is 2.60. The Hall–Kier alpha value is -2.05. The van der Waals surface area contributed by atoms with Gasteiger partial charge in [0.2, 0.25) is 5.91 Å². The molecule has 1 amide bonds. The molecule has 0 aliphatic heterocycles. The van der Waals surface area contributed by atoms with E-state index < -0.39 is 17.7 Å². The zero-order chi connectivity index (χ0) is 19.2. The number of alkyl halides is 3. The van der Waals surface area contributed by atoms with E-state index in [-0.39, 0.29) is 24.7 Å². The van der Waals surface area contributed by atoms with E-state index in [1.165, 1.54) is 6.07 Å². The summed E-state index contributed by atoms with van der Waals surface area (Å²) in [6, 6.07) is 12.6. The van der Waals surface area contributed by atoms with Crippen LogP contribution in [0.25, 0.3) is 0 Å². The Morgan fingerprint density at radius 1 is 1.11 bits per heavy atom. The molecule has 0 saturated carbocycles. The first-order valence-electron chi connectivity index (χ1n) is 8.57. The number of anilines is 1. The summed E-state index contributed by atoms with van der Waals surface area (Å²) >= 11 is 0. The lowest BCUT2D eigenvalue weighted by molar-refractivity contribution is -0.137. The summed E-state index contributed by atoms with van der Waals surface area (Å²) in [5.74, 6) is -0.669. The minimum Gasteiger partial charge on any atom is -0.326 e. The van der Waals surface area contributed by atoms with Gasteiger partial charge in [-0.3, -0.25) is 4.79 Å². The number of para-hydroxylation sites is 1. The minimum absolute atomic E-state index is 0. The summed E-state index contributed by atoms with van der Waals surface area (Å²) in [5, 5.41) is 6.09. The van der Waals surface area contributed by atoms with Crippen molar-refractivity contribution in [2.45, 2.75) is 33.0 Å². The molecule has 0 aliphatic carbocycles. The number of halogens is 4. The fraction of sp³-hybridized carbons (Fsp3) is 0.350. The topological polar surface area (TPSA) is 41.1 Å². The maximum absolute atomic E-state index is 12.8. The van der Waals surface area contributed by atoms with Gasteiger partial charge in [-0.25, -0.2) is 0 Å². The molecule has 148 valence electrons. The van der Waals surface area contributed by atoms with Crippen molar-refractivity contribution >= 4 is 24.0 Å². The van der Waals surface area contributed by atoms with E-state index in [1.54, 1.807) is 13.0 Å². The summed E-state index contributed by atoms with van der Waals surface area (Å²) < 4.78 is 38.4. The van der Waals surface area contributed by atoms with Gasteiger partial charge in [-0.1, -0.05) is 50.2 Å². The molecule has 1 atom stereocenters. The maximum Gasteiger partial charge on any atom is 0.416 e. The van der Waals surface area contributed by atoms with Crippen LogP contribution in [0.3, 0.4) is 0 Å². The number of hydrogen-bond acceptors (Lipinski definition) is 2. The molecule has 0 bridgehead atoms. The van der Waals surface area contributed by atoms with Gasteiger partial charge >= 0.3 is 6.18 Å². The molecule has 0 saturated heterocycles. The van der Waals surface area contributed by atoms with Crippen molar-refractivity contribution in [2.75, 3.05) is 11.9 Å². The van der Waals surface area contributed by atoms with Gasteiger partial charge in [-0.2, -0.15) is 13.2 Å². The Bertz CT molecular complexity index is 750. The predicted molar refractivity (Wildman–Crippen MR) is 104 cm³/mol. The van der Waals surface area contributed by atoms with E-state index in [0.717, 1.165) is 24.2 Å². The van der Waals surface area contributed by atoms with E-state index in [1.807, 2.05) is 31.2 Å². The van der Waals surface area contributed by atoms with E-state index >= 15 is 0 Å². The summed E-state index contributed by atoms with van der Waals surface area (Å²) in [5.41, 5.74) is 1.48. The molecule has 0 spiro atoms. The predicted octanol–water partition coefficient (Wildman–Crippen LogP) is 5.05. The highest BCUT2D eigenvalue weighted by molar-refractivity contribution is 5.93. The van der Waals surface area contributed by atoms with Crippen LogP contribution in [0.2, 0.25) is 0 Å². The first-order valence-corrected chi connectivity index (χ1v) is 8.57. The Kier molecular flexibility index (Phi) is 8.79. The zero-order valence-corrected chi connectivity index (χ0v) is 16.1. The van der Waals surface area contributed by atoms with Crippen molar-refractivity contribution in [1.29, 1.82) is 0 Å². The standard InChI is InChI=1S/C20H23F3N2O.ClH/c1-3-24-13-16-8-4-5-10-18(16)25-19(26)14(2)11-15-7-6-9-17(12-15)20(21,22)23;/h4-10,12,14,24H,3,11,13H2,1-2H3,(H,25,26);1H. The van der Waals surface area contributed by atoms with Crippen molar-refractivity contribution in [3.63, 3.8) is 0 Å². The summed E-state index contributed by atoms with van der Waals surface area (Å²) in [6.07, 6.45) is -4.14. The van der Waals surface area contributed by atoms with Gasteiger partial charge in [0.25, 0.3) is 0 Å². The summed E-state index contributed by atoms with van der Waals surface area (Å²) in [7, 11) is 0. The van der Waals surface area contributed by atoms with E-state index in [9.17, 15) is 18.0 Å². The van der Waals surface area contributed by atoms with Crippen molar-refractivity contribution in [3.8, 4) is 0 Å². The van der Waals surface area contributed by atoms with Crippen LogP contribution in [0.5, 0.6) is 0 Å². The number of benzene rings is 2. The Morgan fingerprint density at radius 3 is 2.48 bits per heavy atom. The van der Waals surface area contributed by atoms with E-state index in [0.29, 0.717) is 17.8 Å². The fourth-order valence-corrected chi connectivity index (χ4v) is 2.63. The number of carbonyl (C=O) groups excluding carboxylic acids is 1. The van der Waals surface area contributed by atoms with Gasteiger partial charge in [0.1, 0.15) is 0 Å². The molecule has 2 aromatic rings. The van der Waals surface area contributed by atoms with Crippen molar-refractivity contribution in [3.05, 3.63) is 65.2 Å². The third-order valence-electron chi connectivity index (χ3n) is 4.08. The van der Waals surface area contributed by atoms with Gasteiger partial charge in [0, 0.05) is 18.2 Å². The highest BCUT2D eigenvalue weighted by atomic mass is 35.5. The highest BCUT2D eigenvalue weighted by Crippen LogP contribution is 2.30. The van der Waals surface area contributed by atoms with Crippen molar-refractivity contribution in [1.82, 2.24) is 5.32 Å². The molecule has 27 heavy (non-hydrogen) atoms. The first kappa shape index (κ1) is 23.0. The molecule has 1 unspecified atom stereocenters. The molecule has 2 N–H and O–H groups in total. The van der Waals surface area contributed by atoms with Crippen LogP contribution in [-0.4, -0.2) is 12.5 Å². The lowest BCUT2D eigenvalue weighted by atomic mass is 9.98. The molecule has 2 rings (SSSR count). The second kappa shape index (κ2) is 10.3. The lowest BCUT2D eigenvalue weighted by Crippen LogP contribution is -2.23. The number of carbonyl (C=O) groups is 1. The van der Waals surface area contributed by atoms with Crippen LogP contribution < -0.4 is 10.6 Å². The Morgan fingerprint density at radius 2 is 1.81 bits per heavy atom. The molecule has 0 aromatic heterocycles. The van der Waals surface area contributed by atoms with Crippen LogP contribution >= 0.6 is 12.4 Å². The SMILES string of the molecule is CCNCc1ccccc1NC(=O)C(C)Cc1cccc(C(F)(F)F)c1.Cl. The number of rotatable bonds is 7. The van der Waals surface area contributed by atoms with Gasteiger partial charge < -0.3 is 10.6 Å². The molecule has 2 aromatic carbocycles. The second-order valence-corrected chi connectivity index (χ2v) is 6.23. The Labute approximate surface area is 163 Å². The highest BCUT2D eigenvalue weighted by Gasteiger charge is 2.30. The van der Waals surface area contributed by atoms with Gasteiger partial charge in [-0.05, 0) is 36.2 Å². The van der Waals surface area contributed by atoms with Crippen LogP contribution in [0.1, 0.15) is 30.5 Å². The molecule has 0 aliphatic rings.